The smallest absolute Gasteiger partial charge is 0.335 e. The average Bonchev–Trinajstić information content (AvgIpc) is 2.25. The molecule has 0 radical (unpaired) electrons. The monoisotopic (exact) mass is 307 g/mol. The lowest BCUT2D eigenvalue weighted by molar-refractivity contribution is -0.138. The molecule has 0 aliphatic carbocycles. The first kappa shape index (κ1) is 17.5. The number of rotatable bonds is 5. The SMILES string of the molecule is CC(C)C(Nc1ccc(C(=O)O)cc1Cl)C(=O)O.Cl. The van der Waals surface area contributed by atoms with E-state index in [1.165, 1.54) is 18.2 Å². The number of hydrogen-bond donors (Lipinski definition) is 3. The Morgan fingerprint density at radius 2 is 1.84 bits per heavy atom. The molecule has 0 saturated heterocycles. The summed E-state index contributed by atoms with van der Waals surface area (Å²) in [6, 6.07) is 3.34. The Balaban J connectivity index is 0.00000324. The Kier molecular flexibility index (Phi) is 6.65. The number of nitrogens with one attached hydrogen (secondary N) is 1. The second-order valence-corrected chi connectivity index (χ2v) is 4.61. The number of benzene rings is 1. The first-order valence-electron chi connectivity index (χ1n) is 5.35. The fourth-order valence-corrected chi connectivity index (χ4v) is 1.68. The van der Waals surface area contributed by atoms with Crippen molar-refractivity contribution < 1.29 is 19.8 Å². The van der Waals surface area contributed by atoms with Crippen molar-refractivity contribution in [1.29, 1.82) is 0 Å². The minimum absolute atomic E-state index is 0. The van der Waals surface area contributed by atoms with Gasteiger partial charge in [0, 0.05) is 0 Å². The molecule has 1 aromatic carbocycles. The van der Waals surface area contributed by atoms with Crippen LogP contribution in [0.5, 0.6) is 0 Å². The summed E-state index contributed by atoms with van der Waals surface area (Å²) in [5.74, 6) is -2.19. The van der Waals surface area contributed by atoms with Crippen molar-refractivity contribution in [2.75, 3.05) is 5.32 Å². The topological polar surface area (TPSA) is 86.6 Å². The van der Waals surface area contributed by atoms with Crippen LogP contribution < -0.4 is 5.32 Å². The Morgan fingerprint density at radius 1 is 1.26 bits per heavy atom. The molecule has 106 valence electrons. The van der Waals surface area contributed by atoms with Crippen molar-refractivity contribution in [3.8, 4) is 0 Å². The number of carbonyl (C=O) groups is 2. The molecule has 19 heavy (non-hydrogen) atoms. The predicted molar refractivity (Wildman–Crippen MR) is 75.5 cm³/mol. The summed E-state index contributed by atoms with van der Waals surface area (Å²) >= 11 is 5.91. The lowest BCUT2D eigenvalue weighted by Crippen LogP contribution is -2.34. The van der Waals surface area contributed by atoms with Crippen LogP contribution in [0.1, 0.15) is 24.2 Å². The number of halogens is 2. The van der Waals surface area contributed by atoms with Gasteiger partial charge in [-0.15, -0.1) is 12.4 Å². The molecular weight excluding hydrogens is 293 g/mol. The van der Waals surface area contributed by atoms with Crippen LogP contribution in [0.15, 0.2) is 18.2 Å². The van der Waals surface area contributed by atoms with Gasteiger partial charge in [-0.3, -0.25) is 0 Å². The second kappa shape index (κ2) is 7.21. The summed E-state index contributed by atoms with van der Waals surface area (Å²) in [5.41, 5.74) is 0.463. The molecule has 1 rings (SSSR count). The quantitative estimate of drug-likeness (QED) is 0.778. The molecule has 0 aliphatic rings. The van der Waals surface area contributed by atoms with E-state index in [1.54, 1.807) is 13.8 Å². The molecular formula is C12H15Cl2NO4. The Bertz CT molecular complexity index is 477. The number of anilines is 1. The third kappa shape index (κ3) is 4.61. The summed E-state index contributed by atoms with van der Waals surface area (Å²) in [4.78, 5) is 21.8. The van der Waals surface area contributed by atoms with Crippen molar-refractivity contribution in [1.82, 2.24) is 0 Å². The van der Waals surface area contributed by atoms with E-state index in [2.05, 4.69) is 5.32 Å². The van der Waals surface area contributed by atoms with E-state index in [0.717, 1.165) is 0 Å². The largest absolute Gasteiger partial charge is 0.480 e. The lowest BCUT2D eigenvalue weighted by atomic mass is 10.0. The molecule has 1 unspecified atom stereocenters. The van der Waals surface area contributed by atoms with Crippen LogP contribution in [0.4, 0.5) is 5.69 Å². The fourth-order valence-electron chi connectivity index (χ4n) is 1.45. The minimum Gasteiger partial charge on any atom is -0.480 e. The molecule has 5 nitrogen and oxygen atoms in total. The molecule has 0 heterocycles. The van der Waals surface area contributed by atoms with E-state index < -0.39 is 18.0 Å². The van der Waals surface area contributed by atoms with E-state index >= 15 is 0 Å². The molecule has 0 bridgehead atoms. The van der Waals surface area contributed by atoms with Gasteiger partial charge in [-0.25, -0.2) is 9.59 Å². The molecule has 1 atom stereocenters. The first-order chi connectivity index (χ1) is 8.32. The summed E-state index contributed by atoms with van der Waals surface area (Å²) in [7, 11) is 0. The van der Waals surface area contributed by atoms with Crippen LogP contribution in [-0.4, -0.2) is 28.2 Å². The zero-order chi connectivity index (χ0) is 13.9. The number of carboxylic acid groups (broad SMARTS) is 2. The van der Waals surface area contributed by atoms with Gasteiger partial charge in [-0.2, -0.15) is 0 Å². The van der Waals surface area contributed by atoms with Gasteiger partial charge in [0.1, 0.15) is 6.04 Å². The lowest BCUT2D eigenvalue weighted by Gasteiger charge is -2.20. The molecule has 7 heteroatoms. The highest BCUT2D eigenvalue weighted by atomic mass is 35.5. The summed E-state index contributed by atoms with van der Waals surface area (Å²) in [6.07, 6.45) is 0. The van der Waals surface area contributed by atoms with Crippen LogP contribution >= 0.6 is 24.0 Å². The van der Waals surface area contributed by atoms with Crippen molar-refractivity contribution in [3.05, 3.63) is 28.8 Å². The van der Waals surface area contributed by atoms with Crippen LogP contribution in [0.2, 0.25) is 5.02 Å². The van der Waals surface area contributed by atoms with Crippen molar-refractivity contribution in [2.24, 2.45) is 5.92 Å². The molecule has 0 spiro atoms. The van der Waals surface area contributed by atoms with Gasteiger partial charge in [0.25, 0.3) is 0 Å². The zero-order valence-electron chi connectivity index (χ0n) is 10.4. The molecule has 0 saturated carbocycles. The van der Waals surface area contributed by atoms with Gasteiger partial charge < -0.3 is 15.5 Å². The molecule has 0 fully saturated rings. The number of aliphatic carboxylic acids is 1. The van der Waals surface area contributed by atoms with E-state index in [9.17, 15) is 9.59 Å². The van der Waals surface area contributed by atoms with Gasteiger partial charge in [0.2, 0.25) is 0 Å². The Labute approximate surface area is 122 Å². The molecule has 0 amide bonds. The number of hydrogen-bond acceptors (Lipinski definition) is 3. The average molecular weight is 308 g/mol. The third-order valence-electron chi connectivity index (χ3n) is 2.46. The van der Waals surface area contributed by atoms with Gasteiger partial charge >= 0.3 is 11.9 Å². The fraction of sp³-hybridized carbons (Fsp3) is 0.333. The van der Waals surface area contributed by atoms with E-state index in [-0.39, 0.29) is 28.9 Å². The summed E-state index contributed by atoms with van der Waals surface area (Å²) in [6.45, 7) is 3.54. The maximum atomic E-state index is 11.0. The Morgan fingerprint density at radius 3 is 2.21 bits per heavy atom. The molecule has 0 aliphatic heterocycles. The minimum atomic E-state index is -1.08. The normalized spacial score (nSPS) is 11.6. The van der Waals surface area contributed by atoms with E-state index in [1.807, 2.05) is 0 Å². The molecule has 1 aromatic rings. The van der Waals surface area contributed by atoms with Gasteiger partial charge in [0.15, 0.2) is 0 Å². The number of carboxylic acids is 2. The van der Waals surface area contributed by atoms with E-state index in [0.29, 0.717) is 5.69 Å². The van der Waals surface area contributed by atoms with Crippen LogP contribution in [0.25, 0.3) is 0 Å². The highest BCUT2D eigenvalue weighted by Crippen LogP contribution is 2.25. The maximum Gasteiger partial charge on any atom is 0.335 e. The second-order valence-electron chi connectivity index (χ2n) is 4.20. The summed E-state index contributed by atoms with van der Waals surface area (Å²) in [5, 5.41) is 20.8. The zero-order valence-corrected chi connectivity index (χ0v) is 12.0. The van der Waals surface area contributed by atoms with Crippen LogP contribution in [-0.2, 0) is 4.79 Å². The third-order valence-corrected chi connectivity index (χ3v) is 2.77. The first-order valence-corrected chi connectivity index (χ1v) is 5.73. The maximum absolute atomic E-state index is 11.0. The molecule has 3 N–H and O–H groups in total. The predicted octanol–water partition coefficient (Wildman–Crippen LogP) is 2.98. The summed E-state index contributed by atoms with van der Waals surface area (Å²) < 4.78 is 0. The van der Waals surface area contributed by atoms with E-state index in [4.69, 9.17) is 21.8 Å². The highest BCUT2D eigenvalue weighted by molar-refractivity contribution is 6.33. The highest BCUT2D eigenvalue weighted by Gasteiger charge is 2.22. The van der Waals surface area contributed by atoms with Crippen LogP contribution in [0, 0.1) is 5.92 Å². The van der Waals surface area contributed by atoms with Gasteiger partial charge in [-0.1, -0.05) is 25.4 Å². The Hall–Kier alpha value is -1.46. The molecule has 0 aromatic heterocycles. The standard InChI is InChI=1S/C12H14ClNO4.ClH/c1-6(2)10(12(17)18)14-9-4-3-7(11(15)16)5-8(9)13;/h3-6,10,14H,1-2H3,(H,15,16)(H,17,18);1H. The van der Waals surface area contributed by atoms with Crippen molar-refractivity contribution >= 4 is 41.6 Å². The van der Waals surface area contributed by atoms with Gasteiger partial charge in [0.05, 0.1) is 16.3 Å². The van der Waals surface area contributed by atoms with Crippen molar-refractivity contribution in [3.63, 3.8) is 0 Å². The number of aromatic carboxylic acids is 1. The van der Waals surface area contributed by atoms with Crippen molar-refractivity contribution in [2.45, 2.75) is 19.9 Å². The van der Waals surface area contributed by atoms with Gasteiger partial charge in [-0.05, 0) is 24.1 Å². The van der Waals surface area contributed by atoms with Crippen LogP contribution in [0.3, 0.4) is 0 Å².